The molecule has 0 spiro atoms. The highest BCUT2D eigenvalue weighted by Gasteiger charge is 2.23. The molecule has 1 aromatic heterocycles. The van der Waals surface area contributed by atoms with E-state index in [4.69, 9.17) is 9.72 Å². The molecule has 2 heterocycles. The Hall–Kier alpha value is -1.39. The fourth-order valence-electron chi connectivity index (χ4n) is 3.39. The van der Waals surface area contributed by atoms with Gasteiger partial charge in [-0.1, -0.05) is 0 Å². The third-order valence-electron chi connectivity index (χ3n) is 4.51. The number of hydrogen-bond donors (Lipinski definition) is 1. The largest absolute Gasteiger partial charge is 0.497 e. The standard InChI is InChI=1S/C17H20N2OS/c1-20-13-5-6-14-11(9-13)4-7-15-17(14)19-16(21-15)10-12-3-2-8-18-12/h5-6,9,12,18H,2-4,7-8,10H2,1H3. The van der Waals surface area contributed by atoms with E-state index in [2.05, 4.69) is 17.4 Å². The van der Waals surface area contributed by atoms with Crippen molar-refractivity contribution in [3.63, 3.8) is 0 Å². The van der Waals surface area contributed by atoms with Gasteiger partial charge in [-0.2, -0.15) is 0 Å². The van der Waals surface area contributed by atoms with Crippen molar-refractivity contribution < 1.29 is 4.74 Å². The van der Waals surface area contributed by atoms with Gasteiger partial charge in [0, 0.05) is 22.9 Å². The van der Waals surface area contributed by atoms with Crippen molar-refractivity contribution in [2.24, 2.45) is 0 Å². The van der Waals surface area contributed by atoms with Crippen LogP contribution in [0, 0.1) is 0 Å². The second-order valence-corrected chi connectivity index (χ2v) is 7.07. The van der Waals surface area contributed by atoms with Crippen molar-refractivity contribution in [1.29, 1.82) is 0 Å². The minimum Gasteiger partial charge on any atom is -0.497 e. The summed E-state index contributed by atoms with van der Waals surface area (Å²) in [6.45, 7) is 1.17. The Morgan fingerprint density at radius 2 is 2.33 bits per heavy atom. The monoisotopic (exact) mass is 300 g/mol. The molecule has 21 heavy (non-hydrogen) atoms. The van der Waals surface area contributed by atoms with E-state index in [1.165, 1.54) is 46.1 Å². The van der Waals surface area contributed by atoms with Gasteiger partial charge in [0.25, 0.3) is 0 Å². The Balaban J connectivity index is 1.65. The summed E-state index contributed by atoms with van der Waals surface area (Å²) < 4.78 is 5.34. The van der Waals surface area contributed by atoms with Gasteiger partial charge in [0.05, 0.1) is 17.8 Å². The van der Waals surface area contributed by atoms with Crippen LogP contribution in [0.25, 0.3) is 11.3 Å². The summed E-state index contributed by atoms with van der Waals surface area (Å²) in [6.07, 6.45) is 5.90. The Morgan fingerprint density at radius 1 is 1.38 bits per heavy atom. The van der Waals surface area contributed by atoms with E-state index in [-0.39, 0.29) is 0 Å². The predicted molar refractivity (Wildman–Crippen MR) is 86.2 cm³/mol. The fourth-order valence-corrected chi connectivity index (χ4v) is 4.55. The van der Waals surface area contributed by atoms with E-state index in [0.29, 0.717) is 6.04 Å². The summed E-state index contributed by atoms with van der Waals surface area (Å²) in [5.41, 5.74) is 3.90. The first kappa shape index (κ1) is 13.3. The molecule has 0 radical (unpaired) electrons. The number of aromatic nitrogens is 1. The van der Waals surface area contributed by atoms with Gasteiger partial charge in [0.15, 0.2) is 0 Å². The number of aryl methyl sites for hydroxylation is 2. The van der Waals surface area contributed by atoms with Crippen molar-refractivity contribution in [3.8, 4) is 17.0 Å². The molecule has 2 aromatic rings. The molecule has 1 aliphatic carbocycles. The molecular formula is C17H20N2OS. The van der Waals surface area contributed by atoms with E-state index in [9.17, 15) is 0 Å². The molecule has 0 bridgehead atoms. The Bertz CT molecular complexity index is 659. The van der Waals surface area contributed by atoms with Gasteiger partial charge in [0.1, 0.15) is 5.75 Å². The summed E-state index contributed by atoms with van der Waals surface area (Å²) in [4.78, 5) is 6.41. The first-order valence-electron chi connectivity index (χ1n) is 7.73. The summed E-state index contributed by atoms with van der Waals surface area (Å²) in [7, 11) is 1.73. The van der Waals surface area contributed by atoms with Crippen LogP contribution in [-0.2, 0) is 19.3 Å². The Morgan fingerprint density at radius 3 is 3.14 bits per heavy atom. The minimum absolute atomic E-state index is 0.632. The molecule has 1 aromatic carbocycles. The fraction of sp³-hybridized carbons (Fsp3) is 0.471. The van der Waals surface area contributed by atoms with Crippen LogP contribution in [0.3, 0.4) is 0 Å². The highest BCUT2D eigenvalue weighted by Crippen LogP contribution is 2.38. The molecule has 3 nitrogen and oxygen atoms in total. The van der Waals surface area contributed by atoms with Crippen LogP contribution >= 0.6 is 11.3 Å². The van der Waals surface area contributed by atoms with Gasteiger partial charge < -0.3 is 10.1 Å². The summed E-state index contributed by atoms with van der Waals surface area (Å²) in [5, 5.41) is 4.86. The maximum atomic E-state index is 5.34. The minimum atomic E-state index is 0.632. The third-order valence-corrected chi connectivity index (χ3v) is 5.65. The molecule has 1 N–H and O–H groups in total. The molecule has 1 unspecified atom stereocenters. The topological polar surface area (TPSA) is 34.1 Å². The molecule has 4 heteroatoms. The van der Waals surface area contributed by atoms with Crippen LogP contribution in [0.15, 0.2) is 18.2 Å². The molecule has 0 amide bonds. The molecule has 1 aliphatic heterocycles. The smallest absolute Gasteiger partial charge is 0.119 e. The van der Waals surface area contributed by atoms with Crippen molar-refractivity contribution in [2.75, 3.05) is 13.7 Å². The molecule has 1 atom stereocenters. The lowest BCUT2D eigenvalue weighted by Crippen LogP contribution is -2.23. The Kier molecular flexibility index (Phi) is 3.43. The molecule has 4 rings (SSSR count). The second kappa shape index (κ2) is 5.43. The van der Waals surface area contributed by atoms with Gasteiger partial charge in [-0.15, -0.1) is 11.3 Å². The highest BCUT2D eigenvalue weighted by molar-refractivity contribution is 7.12. The number of fused-ring (bicyclic) bond motifs is 3. The van der Waals surface area contributed by atoms with Crippen LogP contribution in [0.4, 0.5) is 0 Å². The van der Waals surface area contributed by atoms with Gasteiger partial charge in [-0.05, 0) is 56.0 Å². The Labute approximate surface area is 129 Å². The quantitative estimate of drug-likeness (QED) is 0.945. The van der Waals surface area contributed by atoms with Gasteiger partial charge >= 0.3 is 0 Å². The average Bonchev–Trinajstić information content (AvgIpc) is 3.15. The number of rotatable bonds is 3. The molecular weight excluding hydrogens is 280 g/mol. The first-order chi connectivity index (χ1) is 10.3. The normalized spacial score (nSPS) is 20.1. The third kappa shape index (κ3) is 2.47. The number of benzene rings is 1. The number of thiazole rings is 1. The average molecular weight is 300 g/mol. The van der Waals surface area contributed by atoms with Crippen LogP contribution in [0.5, 0.6) is 5.75 Å². The lowest BCUT2D eigenvalue weighted by Gasteiger charge is -2.15. The number of methoxy groups -OCH3 is 1. The van der Waals surface area contributed by atoms with Gasteiger partial charge in [-0.25, -0.2) is 4.98 Å². The number of hydrogen-bond acceptors (Lipinski definition) is 4. The summed E-state index contributed by atoms with van der Waals surface area (Å²) >= 11 is 1.91. The zero-order valence-corrected chi connectivity index (χ0v) is 13.1. The van der Waals surface area contributed by atoms with Crippen LogP contribution in [-0.4, -0.2) is 24.7 Å². The maximum absolute atomic E-state index is 5.34. The lowest BCUT2D eigenvalue weighted by molar-refractivity contribution is 0.414. The number of nitrogens with one attached hydrogen (secondary N) is 1. The summed E-state index contributed by atoms with van der Waals surface area (Å²) in [5.74, 6) is 0.947. The molecule has 0 saturated carbocycles. The second-order valence-electron chi connectivity index (χ2n) is 5.90. The van der Waals surface area contributed by atoms with Crippen LogP contribution in [0.2, 0.25) is 0 Å². The van der Waals surface area contributed by atoms with Crippen molar-refractivity contribution >= 4 is 11.3 Å². The first-order valence-corrected chi connectivity index (χ1v) is 8.54. The molecule has 1 saturated heterocycles. The molecule has 1 fully saturated rings. The van der Waals surface area contributed by atoms with Crippen molar-refractivity contribution in [1.82, 2.24) is 10.3 Å². The van der Waals surface area contributed by atoms with Gasteiger partial charge in [-0.3, -0.25) is 0 Å². The SMILES string of the molecule is COc1ccc2c(c1)CCc1sc(CC3CCCN3)nc1-2. The van der Waals surface area contributed by atoms with Crippen molar-refractivity contribution in [3.05, 3.63) is 33.6 Å². The van der Waals surface area contributed by atoms with E-state index < -0.39 is 0 Å². The van der Waals surface area contributed by atoms with E-state index >= 15 is 0 Å². The zero-order valence-electron chi connectivity index (χ0n) is 12.3. The van der Waals surface area contributed by atoms with E-state index in [0.717, 1.165) is 25.0 Å². The zero-order chi connectivity index (χ0) is 14.2. The van der Waals surface area contributed by atoms with E-state index in [1.807, 2.05) is 17.4 Å². The van der Waals surface area contributed by atoms with Crippen molar-refractivity contribution in [2.45, 2.75) is 38.1 Å². The number of ether oxygens (including phenoxy) is 1. The molecule has 2 aliphatic rings. The molecule has 110 valence electrons. The van der Waals surface area contributed by atoms with Crippen LogP contribution in [0.1, 0.15) is 28.3 Å². The van der Waals surface area contributed by atoms with E-state index in [1.54, 1.807) is 7.11 Å². The predicted octanol–water partition coefficient (Wildman–Crippen LogP) is 3.21. The van der Waals surface area contributed by atoms with Gasteiger partial charge in [0.2, 0.25) is 0 Å². The summed E-state index contributed by atoms with van der Waals surface area (Å²) in [6, 6.07) is 7.01. The number of nitrogens with zero attached hydrogens (tertiary/aromatic N) is 1. The maximum Gasteiger partial charge on any atom is 0.119 e. The van der Waals surface area contributed by atoms with Crippen LogP contribution < -0.4 is 10.1 Å². The lowest BCUT2D eigenvalue weighted by atomic mass is 9.93. The highest BCUT2D eigenvalue weighted by atomic mass is 32.1.